The molecule has 2 rings (SSSR count). The molecular weight excluding hydrogens is 148 g/mol. The highest BCUT2D eigenvalue weighted by Gasteiger charge is 2.25. The van der Waals surface area contributed by atoms with Gasteiger partial charge in [0.2, 0.25) is 0 Å². The minimum Gasteiger partial charge on any atom is -0.157 e. The van der Waals surface area contributed by atoms with E-state index in [2.05, 4.69) is 10.2 Å². The van der Waals surface area contributed by atoms with E-state index in [9.17, 15) is 0 Å². The highest BCUT2D eigenvalue weighted by Crippen LogP contribution is 2.38. The SMILES string of the molecule is Clc1cnnc(C2CC2)c1. The molecule has 0 saturated heterocycles. The molecule has 1 aliphatic carbocycles. The summed E-state index contributed by atoms with van der Waals surface area (Å²) in [6.45, 7) is 0. The molecule has 0 atom stereocenters. The number of hydrogen-bond acceptors (Lipinski definition) is 2. The summed E-state index contributed by atoms with van der Waals surface area (Å²) in [5.41, 5.74) is 1.05. The first-order chi connectivity index (χ1) is 4.86. The number of aromatic nitrogens is 2. The van der Waals surface area contributed by atoms with Crippen LogP contribution in [-0.4, -0.2) is 10.2 Å². The van der Waals surface area contributed by atoms with E-state index in [0.29, 0.717) is 10.9 Å². The maximum atomic E-state index is 5.71. The van der Waals surface area contributed by atoms with Crippen molar-refractivity contribution in [2.75, 3.05) is 0 Å². The molecule has 10 heavy (non-hydrogen) atoms. The lowest BCUT2D eigenvalue weighted by molar-refractivity contribution is 0.910. The molecule has 1 aromatic rings. The molecule has 0 radical (unpaired) electrons. The van der Waals surface area contributed by atoms with Crippen LogP contribution in [0.5, 0.6) is 0 Å². The summed E-state index contributed by atoms with van der Waals surface area (Å²) >= 11 is 5.71. The maximum Gasteiger partial charge on any atom is 0.0682 e. The second kappa shape index (κ2) is 2.20. The minimum absolute atomic E-state index is 0.645. The quantitative estimate of drug-likeness (QED) is 0.619. The van der Waals surface area contributed by atoms with Crippen LogP contribution in [0.2, 0.25) is 5.02 Å². The normalized spacial score (nSPS) is 17.3. The summed E-state index contributed by atoms with van der Waals surface area (Å²) in [6, 6.07) is 1.90. The second-order valence-electron chi connectivity index (χ2n) is 2.57. The van der Waals surface area contributed by atoms with Gasteiger partial charge in [-0.3, -0.25) is 0 Å². The molecule has 0 aliphatic heterocycles. The Hall–Kier alpha value is -0.630. The first-order valence-electron chi connectivity index (χ1n) is 3.34. The summed E-state index contributed by atoms with van der Waals surface area (Å²) in [7, 11) is 0. The number of halogens is 1. The van der Waals surface area contributed by atoms with Crippen LogP contribution < -0.4 is 0 Å². The van der Waals surface area contributed by atoms with E-state index in [1.54, 1.807) is 6.20 Å². The fourth-order valence-corrected chi connectivity index (χ4v) is 1.09. The summed E-state index contributed by atoms with van der Waals surface area (Å²) < 4.78 is 0. The summed E-state index contributed by atoms with van der Waals surface area (Å²) in [5.74, 6) is 0.645. The average molecular weight is 155 g/mol. The van der Waals surface area contributed by atoms with Gasteiger partial charge in [0.15, 0.2) is 0 Å². The van der Waals surface area contributed by atoms with E-state index in [1.165, 1.54) is 12.8 Å². The van der Waals surface area contributed by atoms with Crippen LogP contribution in [0.15, 0.2) is 12.3 Å². The van der Waals surface area contributed by atoms with Crippen molar-refractivity contribution in [2.24, 2.45) is 0 Å². The third-order valence-corrected chi connectivity index (χ3v) is 1.84. The van der Waals surface area contributed by atoms with Crippen molar-refractivity contribution >= 4 is 11.6 Å². The van der Waals surface area contributed by atoms with Crippen molar-refractivity contribution in [2.45, 2.75) is 18.8 Å². The molecule has 1 fully saturated rings. The smallest absolute Gasteiger partial charge is 0.0682 e. The van der Waals surface area contributed by atoms with Gasteiger partial charge in [0.1, 0.15) is 0 Å². The van der Waals surface area contributed by atoms with E-state index in [4.69, 9.17) is 11.6 Å². The molecule has 1 heterocycles. The standard InChI is InChI=1S/C7H7ClN2/c8-6-3-7(5-1-2-5)10-9-4-6/h3-5H,1-2H2. The van der Waals surface area contributed by atoms with E-state index in [1.807, 2.05) is 6.07 Å². The van der Waals surface area contributed by atoms with Crippen molar-refractivity contribution < 1.29 is 0 Å². The largest absolute Gasteiger partial charge is 0.157 e. The Morgan fingerprint density at radius 3 is 2.90 bits per heavy atom. The molecule has 1 aliphatic rings. The highest BCUT2D eigenvalue weighted by atomic mass is 35.5. The van der Waals surface area contributed by atoms with E-state index < -0.39 is 0 Å². The summed E-state index contributed by atoms with van der Waals surface area (Å²) in [5, 5.41) is 8.42. The molecular formula is C7H7ClN2. The van der Waals surface area contributed by atoms with Crippen LogP contribution in [0.25, 0.3) is 0 Å². The van der Waals surface area contributed by atoms with Gasteiger partial charge in [-0.2, -0.15) is 10.2 Å². The average Bonchev–Trinajstić information content (AvgIpc) is 2.68. The van der Waals surface area contributed by atoms with Gasteiger partial charge in [0.05, 0.1) is 16.9 Å². The molecule has 0 unspecified atom stereocenters. The van der Waals surface area contributed by atoms with Gasteiger partial charge in [-0.25, -0.2) is 0 Å². The van der Waals surface area contributed by atoms with Gasteiger partial charge in [0, 0.05) is 5.92 Å². The zero-order valence-corrected chi connectivity index (χ0v) is 6.17. The first-order valence-corrected chi connectivity index (χ1v) is 3.72. The minimum atomic E-state index is 0.645. The lowest BCUT2D eigenvalue weighted by atomic mass is 10.3. The summed E-state index contributed by atoms with van der Waals surface area (Å²) in [4.78, 5) is 0. The molecule has 52 valence electrons. The van der Waals surface area contributed by atoms with Crippen molar-refractivity contribution in [1.29, 1.82) is 0 Å². The molecule has 0 N–H and O–H groups in total. The fraction of sp³-hybridized carbons (Fsp3) is 0.429. The van der Waals surface area contributed by atoms with Crippen LogP contribution in [0.4, 0.5) is 0 Å². The topological polar surface area (TPSA) is 25.8 Å². The Kier molecular flexibility index (Phi) is 1.34. The number of nitrogens with zero attached hydrogens (tertiary/aromatic N) is 2. The monoisotopic (exact) mass is 154 g/mol. The Morgan fingerprint density at radius 1 is 1.50 bits per heavy atom. The summed E-state index contributed by atoms with van der Waals surface area (Å²) in [6.07, 6.45) is 4.05. The molecule has 1 saturated carbocycles. The Morgan fingerprint density at radius 2 is 2.30 bits per heavy atom. The van der Waals surface area contributed by atoms with Crippen LogP contribution in [-0.2, 0) is 0 Å². The molecule has 2 nitrogen and oxygen atoms in total. The Balaban J connectivity index is 2.32. The van der Waals surface area contributed by atoms with Crippen molar-refractivity contribution in [1.82, 2.24) is 10.2 Å². The molecule has 3 heteroatoms. The van der Waals surface area contributed by atoms with Crippen molar-refractivity contribution in [3.05, 3.63) is 23.0 Å². The highest BCUT2D eigenvalue weighted by molar-refractivity contribution is 6.30. The van der Waals surface area contributed by atoms with Gasteiger partial charge in [-0.05, 0) is 18.9 Å². The Bertz CT molecular complexity index is 245. The third-order valence-electron chi connectivity index (χ3n) is 1.64. The molecule has 0 bridgehead atoms. The van der Waals surface area contributed by atoms with Crippen molar-refractivity contribution in [3.8, 4) is 0 Å². The molecule has 0 spiro atoms. The van der Waals surface area contributed by atoms with Crippen LogP contribution in [0.3, 0.4) is 0 Å². The molecule has 1 aromatic heterocycles. The number of hydrogen-bond donors (Lipinski definition) is 0. The molecule has 0 amide bonds. The fourth-order valence-electron chi connectivity index (χ4n) is 0.937. The predicted molar refractivity (Wildman–Crippen MR) is 39.0 cm³/mol. The zero-order valence-electron chi connectivity index (χ0n) is 5.42. The van der Waals surface area contributed by atoms with Gasteiger partial charge in [-0.15, -0.1) is 0 Å². The second-order valence-corrected chi connectivity index (χ2v) is 3.01. The Labute approximate surface area is 64.2 Å². The van der Waals surface area contributed by atoms with Crippen molar-refractivity contribution in [3.63, 3.8) is 0 Å². The number of rotatable bonds is 1. The van der Waals surface area contributed by atoms with E-state index in [-0.39, 0.29) is 0 Å². The molecule has 0 aromatic carbocycles. The van der Waals surface area contributed by atoms with Gasteiger partial charge in [-0.1, -0.05) is 11.6 Å². The lowest BCUT2D eigenvalue weighted by Gasteiger charge is -1.93. The van der Waals surface area contributed by atoms with E-state index in [0.717, 1.165) is 5.69 Å². The van der Waals surface area contributed by atoms with Gasteiger partial charge >= 0.3 is 0 Å². The first kappa shape index (κ1) is 6.10. The lowest BCUT2D eigenvalue weighted by Crippen LogP contribution is -1.87. The van der Waals surface area contributed by atoms with Crippen LogP contribution in [0.1, 0.15) is 24.5 Å². The van der Waals surface area contributed by atoms with Gasteiger partial charge < -0.3 is 0 Å². The zero-order chi connectivity index (χ0) is 6.97. The van der Waals surface area contributed by atoms with Crippen LogP contribution in [0, 0.1) is 0 Å². The maximum absolute atomic E-state index is 5.71. The third kappa shape index (κ3) is 1.12. The van der Waals surface area contributed by atoms with Crippen LogP contribution >= 0.6 is 11.6 Å². The van der Waals surface area contributed by atoms with Gasteiger partial charge in [0.25, 0.3) is 0 Å². The van der Waals surface area contributed by atoms with E-state index >= 15 is 0 Å². The predicted octanol–water partition coefficient (Wildman–Crippen LogP) is 2.01.